The van der Waals surface area contributed by atoms with E-state index >= 15 is 0 Å². The number of carbonyl (C=O) groups excluding carboxylic acids is 1. The first-order valence-corrected chi connectivity index (χ1v) is 8.70. The minimum atomic E-state index is -0.0783. The summed E-state index contributed by atoms with van der Waals surface area (Å²) in [5.74, 6) is 2.69. The predicted molar refractivity (Wildman–Crippen MR) is 101 cm³/mol. The molecule has 1 amide bonds. The number of aromatic nitrogens is 2. The van der Waals surface area contributed by atoms with E-state index in [4.69, 9.17) is 4.74 Å². The summed E-state index contributed by atoms with van der Waals surface area (Å²) >= 11 is 0. The van der Waals surface area contributed by atoms with Crippen molar-refractivity contribution in [1.29, 1.82) is 0 Å². The van der Waals surface area contributed by atoms with Crippen LogP contribution < -0.4 is 10.1 Å². The SMILES string of the molecule is Cc1nccn1CC(C)CNC(=O)c1ccc(Oc2ccccc2)cc1. The summed E-state index contributed by atoms with van der Waals surface area (Å²) in [6.45, 7) is 5.52. The molecule has 0 aliphatic rings. The molecule has 134 valence electrons. The van der Waals surface area contributed by atoms with Crippen molar-refractivity contribution in [2.75, 3.05) is 6.54 Å². The van der Waals surface area contributed by atoms with Crippen molar-refractivity contribution in [1.82, 2.24) is 14.9 Å². The molecule has 0 radical (unpaired) electrons. The van der Waals surface area contributed by atoms with Crippen LogP contribution in [0.1, 0.15) is 23.1 Å². The average molecular weight is 349 g/mol. The Kier molecular flexibility index (Phi) is 5.69. The maximum Gasteiger partial charge on any atom is 0.251 e. The van der Waals surface area contributed by atoms with Gasteiger partial charge in [0.15, 0.2) is 0 Å². The van der Waals surface area contributed by atoms with E-state index in [1.54, 1.807) is 30.5 Å². The number of hydrogen-bond donors (Lipinski definition) is 1. The maximum absolute atomic E-state index is 12.3. The maximum atomic E-state index is 12.3. The number of para-hydroxylation sites is 1. The van der Waals surface area contributed by atoms with Crippen LogP contribution in [-0.2, 0) is 6.54 Å². The van der Waals surface area contributed by atoms with Gasteiger partial charge in [0.1, 0.15) is 17.3 Å². The second-order valence-corrected chi connectivity index (χ2v) is 6.38. The molecule has 3 aromatic rings. The number of nitrogens with zero attached hydrogens (tertiary/aromatic N) is 2. The van der Waals surface area contributed by atoms with Crippen molar-refractivity contribution >= 4 is 5.91 Å². The summed E-state index contributed by atoms with van der Waals surface area (Å²) in [5.41, 5.74) is 0.622. The normalized spacial score (nSPS) is 11.8. The highest BCUT2D eigenvalue weighted by Gasteiger charge is 2.10. The third kappa shape index (κ3) is 4.72. The Balaban J connectivity index is 1.50. The number of carbonyl (C=O) groups is 1. The van der Waals surface area contributed by atoms with Gasteiger partial charge in [0.05, 0.1) is 0 Å². The minimum Gasteiger partial charge on any atom is -0.457 e. The summed E-state index contributed by atoms with van der Waals surface area (Å²) in [5, 5.41) is 2.99. The summed E-state index contributed by atoms with van der Waals surface area (Å²) in [7, 11) is 0. The van der Waals surface area contributed by atoms with E-state index in [1.807, 2.05) is 43.5 Å². The molecular weight excluding hydrogens is 326 g/mol. The van der Waals surface area contributed by atoms with Crippen molar-refractivity contribution in [2.24, 2.45) is 5.92 Å². The van der Waals surface area contributed by atoms with Crippen molar-refractivity contribution in [3.63, 3.8) is 0 Å². The van der Waals surface area contributed by atoms with Crippen LogP contribution in [0.4, 0.5) is 0 Å². The molecule has 1 unspecified atom stereocenters. The van der Waals surface area contributed by atoms with Gasteiger partial charge in [0.25, 0.3) is 5.91 Å². The van der Waals surface area contributed by atoms with Crippen molar-refractivity contribution in [3.05, 3.63) is 78.4 Å². The fourth-order valence-electron chi connectivity index (χ4n) is 2.66. The molecule has 0 fully saturated rings. The largest absolute Gasteiger partial charge is 0.457 e. The van der Waals surface area contributed by atoms with Crippen molar-refractivity contribution in [2.45, 2.75) is 20.4 Å². The molecule has 0 spiro atoms. The van der Waals surface area contributed by atoms with E-state index in [0.29, 0.717) is 23.8 Å². The highest BCUT2D eigenvalue weighted by Crippen LogP contribution is 2.21. The Morgan fingerprint density at radius 1 is 1.12 bits per heavy atom. The monoisotopic (exact) mass is 349 g/mol. The standard InChI is InChI=1S/C21H23N3O2/c1-16(15-24-13-12-22-17(24)2)14-23-21(25)18-8-10-20(11-9-18)26-19-6-4-3-5-7-19/h3-13,16H,14-15H2,1-2H3,(H,23,25). The Morgan fingerprint density at radius 3 is 2.46 bits per heavy atom. The van der Waals surface area contributed by atoms with Gasteiger partial charge in [-0.1, -0.05) is 25.1 Å². The zero-order valence-electron chi connectivity index (χ0n) is 15.1. The van der Waals surface area contributed by atoms with Crippen LogP contribution in [0, 0.1) is 12.8 Å². The molecule has 5 nitrogen and oxygen atoms in total. The molecule has 1 aromatic heterocycles. The quantitative estimate of drug-likeness (QED) is 0.700. The van der Waals surface area contributed by atoms with Gasteiger partial charge in [0, 0.05) is 31.0 Å². The third-order valence-corrected chi connectivity index (χ3v) is 4.14. The molecule has 0 aliphatic heterocycles. The van der Waals surface area contributed by atoms with Gasteiger partial charge in [-0.2, -0.15) is 0 Å². The van der Waals surface area contributed by atoms with E-state index in [0.717, 1.165) is 18.1 Å². The summed E-state index contributed by atoms with van der Waals surface area (Å²) in [6.07, 6.45) is 3.75. The van der Waals surface area contributed by atoms with Gasteiger partial charge in [-0.25, -0.2) is 4.98 Å². The molecule has 3 rings (SSSR count). The Hall–Kier alpha value is -3.08. The van der Waals surface area contributed by atoms with Crippen LogP contribution in [0.3, 0.4) is 0 Å². The molecule has 0 aliphatic carbocycles. The lowest BCUT2D eigenvalue weighted by Gasteiger charge is -2.14. The molecule has 1 heterocycles. The molecule has 0 bridgehead atoms. The van der Waals surface area contributed by atoms with E-state index in [-0.39, 0.29) is 5.91 Å². The molecular formula is C21H23N3O2. The third-order valence-electron chi connectivity index (χ3n) is 4.14. The first-order chi connectivity index (χ1) is 12.6. The number of nitrogens with one attached hydrogen (secondary N) is 1. The number of amides is 1. The lowest BCUT2D eigenvalue weighted by atomic mass is 10.1. The summed E-state index contributed by atoms with van der Waals surface area (Å²) in [4.78, 5) is 16.5. The van der Waals surface area contributed by atoms with Crippen LogP contribution in [0.15, 0.2) is 67.0 Å². The van der Waals surface area contributed by atoms with Gasteiger partial charge in [0.2, 0.25) is 0 Å². The van der Waals surface area contributed by atoms with E-state index in [1.165, 1.54) is 0 Å². The number of ether oxygens (including phenoxy) is 1. The van der Waals surface area contributed by atoms with Crippen LogP contribution in [0.5, 0.6) is 11.5 Å². The van der Waals surface area contributed by atoms with Crippen LogP contribution in [-0.4, -0.2) is 22.0 Å². The second kappa shape index (κ2) is 8.34. The predicted octanol–water partition coefficient (Wildman–Crippen LogP) is 4.05. The van der Waals surface area contributed by atoms with Crippen LogP contribution in [0.2, 0.25) is 0 Å². The first-order valence-electron chi connectivity index (χ1n) is 8.70. The van der Waals surface area contributed by atoms with Gasteiger partial charge in [-0.15, -0.1) is 0 Å². The molecule has 2 aromatic carbocycles. The summed E-state index contributed by atoms with van der Waals surface area (Å²) < 4.78 is 7.83. The lowest BCUT2D eigenvalue weighted by Crippen LogP contribution is -2.30. The molecule has 1 N–H and O–H groups in total. The number of rotatable bonds is 7. The highest BCUT2D eigenvalue weighted by molar-refractivity contribution is 5.94. The second-order valence-electron chi connectivity index (χ2n) is 6.38. The van der Waals surface area contributed by atoms with Gasteiger partial charge in [-0.3, -0.25) is 4.79 Å². The molecule has 26 heavy (non-hydrogen) atoms. The molecule has 5 heteroatoms. The van der Waals surface area contributed by atoms with Crippen LogP contribution in [0.25, 0.3) is 0 Å². The van der Waals surface area contributed by atoms with Gasteiger partial charge >= 0.3 is 0 Å². The number of imidazole rings is 1. The zero-order valence-corrected chi connectivity index (χ0v) is 15.1. The number of hydrogen-bond acceptors (Lipinski definition) is 3. The molecule has 1 atom stereocenters. The lowest BCUT2D eigenvalue weighted by molar-refractivity contribution is 0.0947. The summed E-state index contributed by atoms with van der Waals surface area (Å²) in [6, 6.07) is 16.7. The topological polar surface area (TPSA) is 56.2 Å². The van der Waals surface area contributed by atoms with Gasteiger partial charge in [-0.05, 0) is 49.2 Å². The Bertz CT molecular complexity index is 841. The highest BCUT2D eigenvalue weighted by atomic mass is 16.5. The first kappa shape index (κ1) is 17.7. The zero-order chi connectivity index (χ0) is 18.4. The fraction of sp³-hybridized carbons (Fsp3) is 0.238. The van der Waals surface area contributed by atoms with Crippen LogP contribution >= 0.6 is 0 Å². The average Bonchev–Trinajstić information content (AvgIpc) is 3.06. The Morgan fingerprint density at radius 2 is 1.81 bits per heavy atom. The number of aryl methyl sites for hydroxylation is 1. The van der Waals surface area contributed by atoms with E-state index < -0.39 is 0 Å². The molecule has 0 saturated carbocycles. The Labute approximate surface area is 153 Å². The smallest absolute Gasteiger partial charge is 0.251 e. The minimum absolute atomic E-state index is 0.0783. The van der Waals surface area contributed by atoms with Gasteiger partial charge < -0.3 is 14.6 Å². The number of benzene rings is 2. The van der Waals surface area contributed by atoms with Crippen molar-refractivity contribution in [3.8, 4) is 11.5 Å². The van der Waals surface area contributed by atoms with E-state index in [2.05, 4.69) is 21.8 Å². The fourth-order valence-corrected chi connectivity index (χ4v) is 2.66. The van der Waals surface area contributed by atoms with E-state index in [9.17, 15) is 4.79 Å². The van der Waals surface area contributed by atoms with Crippen molar-refractivity contribution < 1.29 is 9.53 Å². The molecule has 0 saturated heterocycles.